The van der Waals surface area contributed by atoms with Crippen molar-refractivity contribution in [2.45, 2.75) is 39.0 Å². The Morgan fingerprint density at radius 1 is 1.13 bits per heavy atom. The van der Waals surface area contributed by atoms with E-state index in [1.165, 1.54) is 0 Å². The van der Waals surface area contributed by atoms with Crippen molar-refractivity contribution in [3.8, 4) is 11.4 Å². The Morgan fingerprint density at radius 2 is 1.90 bits per heavy atom. The molecule has 1 fully saturated rings. The summed E-state index contributed by atoms with van der Waals surface area (Å²) in [4.78, 5) is 31.0. The Kier molecular flexibility index (Phi) is 6.11. The van der Waals surface area contributed by atoms with Crippen molar-refractivity contribution >= 4 is 17.5 Å². The Morgan fingerprint density at radius 3 is 2.65 bits per heavy atom. The smallest absolute Gasteiger partial charge is 0.254 e. The summed E-state index contributed by atoms with van der Waals surface area (Å²) >= 11 is 0. The molecular formula is C24H26N4O3. The largest absolute Gasteiger partial charge is 0.339 e. The summed E-state index contributed by atoms with van der Waals surface area (Å²) in [5.41, 5.74) is 3.25. The van der Waals surface area contributed by atoms with E-state index in [1.54, 1.807) is 0 Å². The second kappa shape index (κ2) is 9.12. The summed E-state index contributed by atoms with van der Waals surface area (Å²) in [6.45, 7) is 5.09. The number of piperidine rings is 1. The van der Waals surface area contributed by atoms with Gasteiger partial charge in [-0.25, -0.2) is 0 Å². The van der Waals surface area contributed by atoms with Crippen LogP contribution in [0.5, 0.6) is 0 Å². The van der Waals surface area contributed by atoms with Gasteiger partial charge in [0.05, 0.1) is 0 Å². The molecule has 1 aliphatic rings. The molecule has 4 rings (SSSR count). The fourth-order valence-electron chi connectivity index (χ4n) is 3.82. The number of amides is 2. The molecule has 0 saturated carbocycles. The number of likely N-dealkylation sites (tertiary alicyclic amines) is 1. The molecule has 1 aromatic heterocycles. The van der Waals surface area contributed by atoms with Crippen molar-refractivity contribution in [1.29, 1.82) is 0 Å². The Balaban J connectivity index is 1.41. The van der Waals surface area contributed by atoms with Crippen molar-refractivity contribution < 1.29 is 14.1 Å². The van der Waals surface area contributed by atoms with Crippen LogP contribution < -0.4 is 5.32 Å². The lowest BCUT2D eigenvalue weighted by atomic mass is 9.96. The Hall–Kier alpha value is -3.48. The van der Waals surface area contributed by atoms with E-state index in [4.69, 9.17) is 4.52 Å². The maximum Gasteiger partial charge on any atom is 0.254 e. The van der Waals surface area contributed by atoms with E-state index >= 15 is 0 Å². The van der Waals surface area contributed by atoms with E-state index in [2.05, 4.69) is 15.5 Å². The minimum absolute atomic E-state index is 0.0436. The molecule has 3 aromatic rings. The van der Waals surface area contributed by atoms with Gasteiger partial charge in [-0.3, -0.25) is 9.59 Å². The highest BCUT2D eigenvalue weighted by Gasteiger charge is 2.28. The van der Waals surface area contributed by atoms with E-state index < -0.39 is 0 Å². The SMILES string of the molecule is CCC(=O)Nc1cccc(-c2noc(C3CCN(C(=O)c4ccccc4C)CC3)n2)c1. The van der Waals surface area contributed by atoms with Crippen molar-refractivity contribution in [1.82, 2.24) is 15.0 Å². The average Bonchev–Trinajstić information content (AvgIpc) is 3.29. The number of nitrogens with zero attached hydrogens (tertiary/aromatic N) is 3. The zero-order chi connectivity index (χ0) is 21.8. The average molecular weight is 418 g/mol. The van der Waals surface area contributed by atoms with Gasteiger partial charge in [-0.15, -0.1) is 0 Å². The van der Waals surface area contributed by atoms with Crippen LogP contribution in [0, 0.1) is 6.92 Å². The molecule has 0 unspecified atom stereocenters. The van der Waals surface area contributed by atoms with Gasteiger partial charge in [0.1, 0.15) is 0 Å². The molecule has 2 aromatic carbocycles. The zero-order valence-corrected chi connectivity index (χ0v) is 17.8. The molecule has 2 amide bonds. The molecule has 0 atom stereocenters. The highest BCUT2D eigenvalue weighted by atomic mass is 16.5. The molecule has 0 radical (unpaired) electrons. The molecule has 1 N–H and O–H groups in total. The molecule has 2 heterocycles. The molecule has 7 heteroatoms. The van der Waals surface area contributed by atoms with Crippen molar-refractivity contribution in [2.24, 2.45) is 0 Å². The standard InChI is InChI=1S/C24H26N4O3/c1-3-21(29)25-19-9-6-8-18(15-19)22-26-23(31-27-22)17-11-13-28(14-12-17)24(30)20-10-5-4-7-16(20)2/h4-10,15,17H,3,11-14H2,1-2H3,(H,25,29). The Labute approximate surface area is 181 Å². The maximum atomic E-state index is 12.8. The molecule has 31 heavy (non-hydrogen) atoms. The van der Waals surface area contributed by atoms with Gasteiger partial charge >= 0.3 is 0 Å². The van der Waals surface area contributed by atoms with Crippen LogP contribution in [0.4, 0.5) is 5.69 Å². The van der Waals surface area contributed by atoms with E-state index in [0.29, 0.717) is 36.9 Å². The van der Waals surface area contributed by atoms with E-state index in [1.807, 2.05) is 67.3 Å². The number of carbonyl (C=O) groups excluding carboxylic acids is 2. The first kappa shape index (κ1) is 20.8. The number of hydrogen-bond donors (Lipinski definition) is 1. The van der Waals surface area contributed by atoms with E-state index in [-0.39, 0.29) is 17.7 Å². The topological polar surface area (TPSA) is 88.3 Å². The molecular weight excluding hydrogens is 392 g/mol. The number of anilines is 1. The summed E-state index contributed by atoms with van der Waals surface area (Å²) < 4.78 is 5.55. The summed E-state index contributed by atoms with van der Waals surface area (Å²) in [6.07, 6.45) is 1.99. The summed E-state index contributed by atoms with van der Waals surface area (Å²) in [7, 11) is 0. The van der Waals surface area contributed by atoms with Gasteiger partial charge in [0, 0.05) is 42.2 Å². The first-order valence-corrected chi connectivity index (χ1v) is 10.6. The third kappa shape index (κ3) is 4.66. The fourth-order valence-corrected chi connectivity index (χ4v) is 3.82. The normalized spacial score (nSPS) is 14.5. The minimum atomic E-state index is -0.0436. The number of rotatable bonds is 5. The van der Waals surface area contributed by atoms with Crippen LogP contribution in [0.25, 0.3) is 11.4 Å². The monoisotopic (exact) mass is 418 g/mol. The van der Waals surface area contributed by atoms with Crippen molar-refractivity contribution in [3.63, 3.8) is 0 Å². The summed E-state index contributed by atoms with van der Waals surface area (Å²) in [5.74, 6) is 1.26. The lowest BCUT2D eigenvalue weighted by molar-refractivity contribution is -0.115. The van der Waals surface area contributed by atoms with Crippen LogP contribution in [-0.4, -0.2) is 39.9 Å². The maximum absolute atomic E-state index is 12.8. The number of benzene rings is 2. The fraction of sp³-hybridized carbons (Fsp3) is 0.333. The predicted octanol–water partition coefficient (Wildman–Crippen LogP) is 4.41. The van der Waals surface area contributed by atoms with Gasteiger partial charge in [-0.1, -0.05) is 42.4 Å². The van der Waals surface area contributed by atoms with Crippen LogP contribution in [-0.2, 0) is 4.79 Å². The lowest BCUT2D eigenvalue weighted by Crippen LogP contribution is -2.38. The molecule has 1 saturated heterocycles. The second-order valence-corrected chi connectivity index (χ2v) is 7.82. The highest BCUT2D eigenvalue weighted by Crippen LogP contribution is 2.30. The highest BCUT2D eigenvalue weighted by molar-refractivity contribution is 5.95. The number of aryl methyl sites for hydroxylation is 1. The minimum Gasteiger partial charge on any atom is -0.339 e. The van der Waals surface area contributed by atoms with Gasteiger partial charge in [-0.2, -0.15) is 4.98 Å². The van der Waals surface area contributed by atoms with Crippen molar-refractivity contribution in [2.75, 3.05) is 18.4 Å². The molecule has 1 aliphatic heterocycles. The molecule has 160 valence electrons. The van der Waals surface area contributed by atoms with Crippen LogP contribution in [0.2, 0.25) is 0 Å². The quantitative estimate of drug-likeness (QED) is 0.663. The molecule has 7 nitrogen and oxygen atoms in total. The first-order valence-electron chi connectivity index (χ1n) is 10.6. The van der Waals surface area contributed by atoms with Crippen LogP contribution in [0.3, 0.4) is 0 Å². The lowest BCUT2D eigenvalue weighted by Gasteiger charge is -2.30. The third-order valence-corrected chi connectivity index (χ3v) is 5.67. The summed E-state index contributed by atoms with van der Waals surface area (Å²) in [6, 6.07) is 15.1. The van der Waals surface area contributed by atoms with E-state index in [9.17, 15) is 9.59 Å². The van der Waals surface area contributed by atoms with Gasteiger partial charge in [0.2, 0.25) is 17.6 Å². The van der Waals surface area contributed by atoms with Gasteiger partial charge < -0.3 is 14.7 Å². The molecule has 0 spiro atoms. The number of hydrogen-bond acceptors (Lipinski definition) is 5. The number of nitrogens with one attached hydrogen (secondary N) is 1. The molecule has 0 bridgehead atoms. The van der Waals surface area contributed by atoms with Crippen LogP contribution >= 0.6 is 0 Å². The first-order chi connectivity index (χ1) is 15.0. The number of aromatic nitrogens is 2. The predicted molar refractivity (Wildman–Crippen MR) is 118 cm³/mol. The van der Waals surface area contributed by atoms with Gasteiger partial charge in [0.25, 0.3) is 5.91 Å². The summed E-state index contributed by atoms with van der Waals surface area (Å²) in [5, 5.41) is 6.98. The van der Waals surface area contributed by atoms with Gasteiger partial charge in [0.15, 0.2) is 0 Å². The molecule has 0 aliphatic carbocycles. The van der Waals surface area contributed by atoms with E-state index in [0.717, 1.165) is 29.5 Å². The number of carbonyl (C=O) groups is 2. The second-order valence-electron chi connectivity index (χ2n) is 7.82. The Bertz CT molecular complexity index is 1080. The zero-order valence-electron chi connectivity index (χ0n) is 17.8. The van der Waals surface area contributed by atoms with Crippen LogP contribution in [0.15, 0.2) is 53.1 Å². The van der Waals surface area contributed by atoms with Crippen molar-refractivity contribution in [3.05, 3.63) is 65.5 Å². The van der Waals surface area contributed by atoms with Crippen LogP contribution in [0.1, 0.15) is 53.9 Å². The van der Waals surface area contributed by atoms with Gasteiger partial charge in [-0.05, 0) is 43.5 Å². The third-order valence-electron chi connectivity index (χ3n) is 5.67.